The molecule has 0 aromatic heterocycles. The number of rotatable bonds is 7. The number of imide groups is 1. The predicted molar refractivity (Wildman–Crippen MR) is 91.0 cm³/mol. The van der Waals surface area contributed by atoms with Crippen LogP contribution in [0.25, 0.3) is 0 Å². The summed E-state index contributed by atoms with van der Waals surface area (Å²) in [6.45, 7) is 3.05. The number of methoxy groups -OCH3 is 1. The maximum absolute atomic E-state index is 12.7. The maximum atomic E-state index is 12.7. The second-order valence-electron chi connectivity index (χ2n) is 7.02. The summed E-state index contributed by atoms with van der Waals surface area (Å²) in [5.74, 6) is -1.65. The lowest BCUT2D eigenvalue weighted by Crippen LogP contribution is -2.54. The molecule has 2 aliphatic rings. The molecule has 3 atom stereocenters. The highest BCUT2D eigenvalue weighted by Gasteiger charge is 2.55. The molecule has 1 aliphatic heterocycles. The number of carbonyl (C=O) groups is 4. The molecule has 1 saturated carbocycles. The summed E-state index contributed by atoms with van der Waals surface area (Å²) in [5, 5.41) is 5.36. The minimum Gasteiger partial charge on any atom is -0.454 e. The number of amides is 4. The van der Waals surface area contributed by atoms with Crippen molar-refractivity contribution in [1.82, 2.24) is 15.5 Å². The first-order valence-electron chi connectivity index (χ1n) is 8.88. The van der Waals surface area contributed by atoms with Crippen molar-refractivity contribution in [2.24, 2.45) is 5.92 Å². The second-order valence-corrected chi connectivity index (χ2v) is 7.02. The van der Waals surface area contributed by atoms with Gasteiger partial charge in [-0.15, -0.1) is 0 Å². The Morgan fingerprint density at radius 3 is 2.77 bits per heavy atom. The Hall–Kier alpha value is -2.16. The second kappa shape index (κ2) is 8.48. The van der Waals surface area contributed by atoms with E-state index in [1.165, 1.54) is 7.11 Å². The zero-order valence-electron chi connectivity index (χ0n) is 15.5. The minimum atomic E-state index is -0.914. The highest BCUT2D eigenvalue weighted by molar-refractivity contribution is 6.09. The van der Waals surface area contributed by atoms with Crippen LogP contribution in [0.5, 0.6) is 0 Å². The van der Waals surface area contributed by atoms with Gasteiger partial charge in [-0.2, -0.15) is 0 Å². The fourth-order valence-corrected chi connectivity index (χ4v) is 3.57. The Labute approximate surface area is 152 Å². The van der Waals surface area contributed by atoms with Crippen LogP contribution in [0.1, 0.15) is 39.5 Å². The lowest BCUT2D eigenvalue weighted by molar-refractivity contribution is -0.151. The monoisotopic (exact) mass is 369 g/mol. The van der Waals surface area contributed by atoms with Crippen LogP contribution in [0.15, 0.2) is 0 Å². The molecule has 0 aromatic carbocycles. The standard InChI is InChI=1S/C17H27N3O6/c1-11-6-4-5-7-17(11)15(23)20(16(24)19-17)8-14(22)26-10-13(21)18-12(2)9-25-3/h11-12H,4-10H2,1-3H3,(H,18,21)(H,19,24)/t11-,12-,17-/m0/s1. The average molecular weight is 369 g/mol. The molecule has 9 heteroatoms. The summed E-state index contributed by atoms with van der Waals surface area (Å²) in [6, 6.07) is -0.802. The Morgan fingerprint density at radius 1 is 1.38 bits per heavy atom. The molecule has 0 aromatic rings. The zero-order chi connectivity index (χ0) is 19.3. The molecule has 0 radical (unpaired) electrons. The molecule has 0 bridgehead atoms. The van der Waals surface area contributed by atoms with E-state index < -0.39 is 36.6 Å². The molecular formula is C17H27N3O6. The van der Waals surface area contributed by atoms with Gasteiger partial charge >= 0.3 is 12.0 Å². The van der Waals surface area contributed by atoms with Gasteiger partial charge < -0.3 is 20.1 Å². The van der Waals surface area contributed by atoms with Gasteiger partial charge in [-0.25, -0.2) is 4.79 Å². The summed E-state index contributed by atoms with van der Waals surface area (Å²) < 4.78 is 9.77. The number of nitrogens with zero attached hydrogens (tertiary/aromatic N) is 1. The molecule has 1 spiro atoms. The molecule has 4 amide bonds. The quantitative estimate of drug-likeness (QED) is 0.489. The van der Waals surface area contributed by atoms with Gasteiger partial charge in [0.05, 0.1) is 6.61 Å². The number of ether oxygens (including phenoxy) is 2. The summed E-state index contributed by atoms with van der Waals surface area (Å²) in [5.41, 5.74) is -0.914. The van der Waals surface area contributed by atoms with E-state index in [1.807, 2.05) is 6.92 Å². The highest BCUT2D eigenvalue weighted by atomic mass is 16.5. The minimum absolute atomic E-state index is 0.0155. The van der Waals surface area contributed by atoms with Crippen molar-refractivity contribution >= 4 is 23.8 Å². The van der Waals surface area contributed by atoms with E-state index in [1.54, 1.807) is 6.92 Å². The molecule has 1 aliphatic carbocycles. The molecule has 0 unspecified atom stereocenters. The smallest absolute Gasteiger partial charge is 0.326 e. The summed E-state index contributed by atoms with van der Waals surface area (Å²) >= 11 is 0. The van der Waals surface area contributed by atoms with E-state index in [-0.39, 0.29) is 17.9 Å². The first-order valence-corrected chi connectivity index (χ1v) is 8.88. The molecule has 146 valence electrons. The van der Waals surface area contributed by atoms with Crippen molar-refractivity contribution in [3.8, 4) is 0 Å². The third-order valence-corrected chi connectivity index (χ3v) is 4.98. The van der Waals surface area contributed by atoms with E-state index in [0.29, 0.717) is 13.0 Å². The van der Waals surface area contributed by atoms with E-state index in [9.17, 15) is 19.2 Å². The highest BCUT2D eigenvalue weighted by Crippen LogP contribution is 2.38. The molecule has 26 heavy (non-hydrogen) atoms. The van der Waals surface area contributed by atoms with E-state index in [4.69, 9.17) is 9.47 Å². The Morgan fingerprint density at radius 2 is 2.12 bits per heavy atom. The van der Waals surface area contributed by atoms with Gasteiger partial charge in [0.2, 0.25) is 0 Å². The SMILES string of the molecule is COC[C@H](C)NC(=O)COC(=O)CN1C(=O)N[C@]2(CCCC[C@@H]2C)C1=O. The third-order valence-electron chi connectivity index (χ3n) is 4.98. The molecular weight excluding hydrogens is 342 g/mol. The number of hydrogen-bond donors (Lipinski definition) is 2. The fourth-order valence-electron chi connectivity index (χ4n) is 3.57. The van der Waals surface area contributed by atoms with E-state index >= 15 is 0 Å². The molecule has 2 rings (SSSR count). The first kappa shape index (κ1) is 20.2. The van der Waals surface area contributed by atoms with Gasteiger partial charge in [0.25, 0.3) is 11.8 Å². The van der Waals surface area contributed by atoms with Crippen LogP contribution in [-0.4, -0.2) is 67.2 Å². The van der Waals surface area contributed by atoms with Crippen molar-refractivity contribution in [3.63, 3.8) is 0 Å². The van der Waals surface area contributed by atoms with Gasteiger partial charge in [0.15, 0.2) is 6.61 Å². The maximum Gasteiger partial charge on any atom is 0.326 e. The molecule has 2 N–H and O–H groups in total. The average Bonchev–Trinajstić information content (AvgIpc) is 2.81. The van der Waals surface area contributed by atoms with Crippen molar-refractivity contribution < 1.29 is 28.7 Å². The van der Waals surface area contributed by atoms with Crippen molar-refractivity contribution in [2.75, 3.05) is 26.9 Å². The van der Waals surface area contributed by atoms with Crippen LogP contribution in [0, 0.1) is 5.92 Å². The molecule has 9 nitrogen and oxygen atoms in total. The van der Waals surface area contributed by atoms with E-state index in [2.05, 4.69) is 10.6 Å². The third kappa shape index (κ3) is 4.32. The van der Waals surface area contributed by atoms with Gasteiger partial charge in [-0.3, -0.25) is 19.3 Å². The van der Waals surface area contributed by atoms with Crippen LogP contribution >= 0.6 is 0 Å². The fraction of sp³-hybridized carbons (Fsp3) is 0.765. The van der Waals surface area contributed by atoms with Crippen molar-refractivity contribution in [1.29, 1.82) is 0 Å². The van der Waals surface area contributed by atoms with E-state index in [0.717, 1.165) is 24.2 Å². The summed E-state index contributed by atoms with van der Waals surface area (Å²) in [4.78, 5) is 49.4. The summed E-state index contributed by atoms with van der Waals surface area (Å²) in [7, 11) is 1.51. The number of urea groups is 1. The van der Waals surface area contributed by atoms with Gasteiger partial charge in [0.1, 0.15) is 12.1 Å². The normalized spacial score (nSPS) is 26.6. The van der Waals surface area contributed by atoms with Crippen molar-refractivity contribution in [2.45, 2.75) is 51.1 Å². The number of carbonyl (C=O) groups excluding carboxylic acids is 4. The predicted octanol–water partition coefficient (Wildman–Crippen LogP) is 0.181. The van der Waals surface area contributed by atoms with Crippen LogP contribution < -0.4 is 10.6 Å². The van der Waals surface area contributed by atoms with Crippen LogP contribution in [0.4, 0.5) is 4.79 Å². The Kier molecular flexibility index (Phi) is 6.57. The van der Waals surface area contributed by atoms with Gasteiger partial charge in [-0.05, 0) is 25.7 Å². The van der Waals surface area contributed by atoms with Crippen molar-refractivity contribution in [3.05, 3.63) is 0 Å². The molecule has 1 heterocycles. The largest absolute Gasteiger partial charge is 0.454 e. The Balaban J connectivity index is 1.86. The zero-order valence-corrected chi connectivity index (χ0v) is 15.5. The topological polar surface area (TPSA) is 114 Å². The number of hydrogen-bond acceptors (Lipinski definition) is 6. The van der Waals surface area contributed by atoms with Gasteiger partial charge in [0, 0.05) is 13.2 Å². The van der Waals surface area contributed by atoms with Gasteiger partial charge in [-0.1, -0.05) is 19.8 Å². The number of esters is 1. The molecule has 2 fully saturated rings. The Bertz CT molecular complexity index is 581. The van der Waals surface area contributed by atoms with Crippen LogP contribution in [0.3, 0.4) is 0 Å². The molecule has 1 saturated heterocycles. The van der Waals surface area contributed by atoms with Crippen LogP contribution in [0.2, 0.25) is 0 Å². The lowest BCUT2D eigenvalue weighted by Gasteiger charge is -2.36. The van der Waals surface area contributed by atoms with Crippen LogP contribution in [-0.2, 0) is 23.9 Å². The summed E-state index contributed by atoms with van der Waals surface area (Å²) in [6.07, 6.45) is 3.30. The first-order chi connectivity index (χ1) is 12.3. The lowest BCUT2D eigenvalue weighted by atomic mass is 9.73. The number of nitrogens with one attached hydrogen (secondary N) is 2.